The van der Waals surface area contributed by atoms with Gasteiger partial charge in [-0.25, -0.2) is 26.3 Å². The van der Waals surface area contributed by atoms with Crippen LogP contribution in [0.4, 0.5) is 5.69 Å². The van der Waals surface area contributed by atoms with E-state index in [2.05, 4.69) is 9.44 Å². The quantitative estimate of drug-likeness (QED) is 0.484. The fourth-order valence-corrected chi connectivity index (χ4v) is 3.76. The molecule has 0 spiro atoms. The molecule has 0 aliphatic rings. The van der Waals surface area contributed by atoms with Crippen LogP contribution in [0.1, 0.15) is 12.0 Å². The lowest BCUT2D eigenvalue weighted by Crippen LogP contribution is -2.29. The largest absolute Gasteiger partial charge is 0.398 e. The van der Waals surface area contributed by atoms with E-state index in [1.54, 1.807) is 6.92 Å². The van der Waals surface area contributed by atoms with Crippen molar-refractivity contribution >= 4 is 37.3 Å². The van der Waals surface area contributed by atoms with Crippen LogP contribution in [0.15, 0.2) is 17.0 Å². The van der Waals surface area contributed by atoms with Crippen LogP contribution in [0.3, 0.4) is 0 Å². The average molecular weight is 356 g/mol. The molecule has 0 unspecified atom stereocenters. The van der Waals surface area contributed by atoms with Gasteiger partial charge in [0.1, 0.15) is 0 Å². The topological polar surface area (TPSA) is 118 Å². The number of nitrogens with one attached hydrogen (secondary N) is 2. The van der Waals surface area contributed by atoms with Crippen molar-refractivity contribution in [2.45, 2.75) is 18.2 Å². The van der Waals surface area contributed by atoms with Crippen LogP contribution >= 0.6 is 11.6 Å². The van der Waals surface area contributed by atoms with E-state index in [1.807, 2.05) is 0 Å². The highest BCUT2D eigenvalue weighted by atomic mass is 35.5. The molecule has 1 rings (SSSR count). The third-order valence-electron chi connectivity index (χ3n) is 2.66. The summed E-state index contributed by atoms with van der Waals surface area (Å²) in [6.45, 7) is 1.83. The fourth-order valence-electron chi connectivity index (χ4n) is 1.58. The molecule has 0 saturated carbocycles. The maximum atomic E-state index is 12.2. The Morgan fingerprint density at radius 2 is 1.71 bits per heavy atom. The van der Waals surface area contributed by atoms with Crippen LogP contribution in [-0.2, 0) is 20.0 Å². The number of hydrogen-bond acceptors (Lipinski definition) is 5. The van der Waals surface area contributed by atoms with Gasteiger partial charge in [0.2, 0.25) is 20.0 Å². The van der Waals surface area contributed by atoms with Crippen molar-refractivity contribution in [3.05, 3.63) is 22.7 Å². The number of anilines is 1. The van der Waals surface area contributed by atoms with Crippen LogP contribution in [0, 0.1) is 6.92 Å². The lowest BCUT2D eigenvalue weighted by molar-refractivity contribution is 0.574. The molecule has 0 atom stereocenters. The second-order valence-electron chi connectivity index (χ2n) is 4.54. The molecule has 0 amide bonds. The summed E-state index contributed by atoms with van der Waals surface area (Å²) < 4.78 is 50.7. The summed E-state index contributed by atoms with van der Waals surface area (Å²) in [4.78, 5) is 0.0172. The summed E-state index contributed by atoms with van der Waals surface area (Å²) in [5.74, 6) is 0. The first-order valence-corrected chi connectivity index (χ1v) is 9.78. The molecular weight excluding hydrogens is 338 g/mol. The number of benzene rings is 1. The van der Waals surface area contributed by atoms with E-state index in [9.17, 15) is 16.8 Å². The predicted octanol–water partition coefficient (Wildman–Crippen LogP) is 0.448. The molecular formula is C11H18ClN3O4S2. The van der Waals surface area contributed by atoms with Gasteiger partial charge in [-0.15, -0.1) is 0 Å². The van der Waals surface area contributed by atoms with Gasteiger partial charge in [-0.2, -0.15) is 0 Å². The lowest BCUT2D eigenvalue weighted by Gasteiger charge is -2.11. The van der Waals surface area contributed by atoms with Gasteiger partial charge in [0.15, 0.2) is 0 Å². The Morgan fingerprint density at radius 3 is 2.29 bits per heavy atom. The van der Waals surface area contributed by atoms with Gasteiger partial charge in [-0.1, -0.05) is 11.6 Å². The number of nitrogen functional groups attached to an aromatic ring is 1. The average Bonchev–Trinajstić information content (AvgIpc) is 2.31. The summed E-state index contributed by atoms with van der Waals surface area (Å²) in [5, 5.41) is 0.234. The van der Waals surface area contributed by atoms with E-state index >= 15 is 0 Å². The Kier molecular flexibility index (Phi) is 6.00. The summed E-state index contributed by atoms with van der Waals surface area (Å²) in [6.07, 6.45) is 1.36. The summed E-state index contributed by atoms with van der Waals surface area (Å²) in [5.41, 5.74) is 6.40. The molecule has 7 nitrogen and oxygen atoms in total. The summed E-state index contributed by atoms with van der Waals surface area (Å²) >= 11 is 5.81. The highest BCUT2D eigenvalue weighted by molar-refractivity contribution is 7.89. The number of sulfonamides is 2. The normalized spacial score (nSPS) is 12.5. The predicted molar refractivity (Wildman–Crippen MR) is 83.3 cm³/mol. The molecule has 0 heterocycles. The monoisotopic (exact) mass is 355 g/mol. The molecule has 0 fully saturated rings. The fraction of sp³-hybridized carbons (Fsp3) is 0.455. The highest BCUT2D eigenvalue weighted by Crippen LogP contribution is 2.25. The lowest BCUT2D eigenvalue weighted by atomic mass is 10.2. The molecule has 0 aromatic heterocycles. The van der Waals surface area contributed by atoms with Crippen LogP contribution in [0.2, 0.25) is 5.02 Å². The van der Waals surface area contributed by atoms with Crippen molar-refractivity contribution in [2.24, 2.45) is 0 Å². The number of halogens is 1. The van der Waals surface area contributed by atoms with Crippen LogP contribution in [0.5, 0.6) is 0 Å². The second-order valence-corrected chi connectivity index (χ2v) is 8.54. The van der Waals surface area contributed by atoms with Crippen molar-refractivity contribution in [1.29, 1.82) is 0 Å². The van der Waals surface area contributed by atoms with Gasteiger partial charge in [0, 0.05) is 23.8 Å². The molecule has 1 aromatic rings. The first kappa shape index (κ1) is 18.2. The van der Waals surface area contributed by atoms with Crippen molar-refractivity contribution in [3.63, 3.8) is 0 Å². The first-order chi connectivity index (χ1) is 9.53. The summed E-state index contributed by atoms with van der Waals surface area (Å²) in [6, 6.07) is 2.80. The molecule has 0 aliphatic carbocycles. The summed E-state index contributed by atoms with van der Waals surface area (Å²) in [7, 11) is -7.01. The molecule has 0 radical (unpaired) electrons. The minimum absolute atomic E-state index is 0.0172. The van der Waals surface area contributed by atoms with E-state index < -0.39 is 20.0 Å². The molecule has 120 valence electrons. The molecule has 4 N–H and O–H groups in total. The Balaban J connectivity index is 2.71. The zero-order valence-electron chi connectivity index (χ0n) is 11.7. The SMILES string of the molecule is Cc1c(N)cc(Cl)cc1S(=O)(=O)NCCCNS(C)(=O)=O. The van der Waals surface area contributed by atoms with E-state index in [4.69, 9.17) is 17.3 Å². The van der Waals surface area contributed by atoms with Gasteiger partial charge in [0.05, 0.1) is 11.2 Å². The first-order valence-electron chi connectivity index (χ1n) is 6.03. The maximum Gasteiger partial charge on any atom is 0.240 e. The molecule has 0 aliphatic heterocycles. The van der Waals surface area contributed by atoms with Gasteiger partial charge in [-0.3, -0.25) is 0 Å². The van der Waals surface area contributed by atoms with Crippen LogP contribution < -0.4 is 15.2 Å². The standard InChI is InChI=1S/C11H18ClN3O4S2/c1-8-10(13)6-9(12)7-11(8)21(18,19)15-5-3-4-14-20(2,16)17/h6-7,14-15H,3-5,13H2,1-2H3. The van der Waals surface area contributed by atoms with Crippen molar-refractivity contribution < 1.29 is 16.8 Å². The number of rotatable bonds is 7. The van der Waals surface area contributed by atoms with Gasteiger partial charge in [-0.05, 0) is 31.0 Å². The Labute approximate surface area is 130 Å². The Morgan fingerprint density at radius 1 is 1.14 bits per heavy atom. The third kappa shape index (κ3) is 5.79. The second kappa shape index (κ2) is 6.93. The minimum Gasteiger partial charge on any atom is -0.398 e. The third-order valence-corrected chi connectivity index (χ3v) is 5.20. The van der Waals surface area contributed by atoms with E-state index in [0.29, 0.717) is 17.7 Å². The molecule has 0 bridgehead atoms. The smallest absolute Gasteiger partial charge is 0.240 e. The Hall–Kier alpha value is -0.870. The van der Waals surface area contributed by atoms with E-state index in [0.717, 1.165) is 6.26 Å². The van der Waals surface area contributed by atoms with E-state index in [-0.39, 0.29) is 23.0 Å². The van der Waals surface area contributed by atoms with Gasteiger partial charge < -0.3 is 5.73 Å². The van der Waals surface area contributed by atoms with E-state index in [1.165, 1.54) is 12.1 Å². The van der Waals surface area contributed by atoms with Gasteiger partial charge in [0.25, 0.3) is 0 Å². The zero-order chi connectivity index (χ0) is 16.3. The Bertz CT molecular complexity index is 717. The number of hydrogen-bond donors (Lipinski definition) is 3. The van der Waals surface area contributed by atoms with Crippen LogP contribution in [-0.4, -0.2) is 36.2 Å². The van der Waals surface area contributed by atoms with Crippen LogP contribution in [0.25, 0.3) is 0 Å². The van der Waals surface area contributed by atoms with Crippen molar-refractivity contribution in [3.8, 4) is 0 Å². The van der Waals surface area contributed by atoms with Crippen molar-refractivity contribution in [2.75, 3.05) is 25.1 Å². The molecule has 1 aromatic carbocycles. The zero-order valence-corrected chi connectivity index (χ0v) is 14.1. The number of nitrogens with two attached hydrogens (primary N) is 1. The van der Waals surface area contributed by atoms with Gasteiger partial charge >= 0.3 is 0 Å². The molecule has 10 heteroatoms. The molecule has 0 saturated heterocycles. The van der Waals surface area contributed by atoms with Crippen molar-refractivity contribution in [1.82, 2.24) is 9.44 Å². The molecule has 21 heavy (non-hydrogen) atoms. The highest BCUT2D eigenvalue weighted by Gasteiger charge is 2.18. The maximum absolute atomic E-state index is 12.2. The minimum atomic E-state index is -3.74.